The first-order valence-corrected chi connectivity index (χ1v) is 7.91. The van der Waals surface area contributed by atoms with E-state index >= 15 is 0 Å². The van der Waals surface area contributed by atoms with Crippen LogP contribution in [0.4, 0.5) is 0 Å². The van der Waals surface area contributed by atoms with Crippen molar-refractivity contribution in [3.63, 3.8) is 0 Å². The Balaban J connectivity index is 0.000000271. The monoisotopic (exact) mass is 377 g/mol. The van der Waals surface area contributed by atoms with Crippen molar-refractivity contribution in [3.05, 3.63) is 59.7 Å². The molecule has 9 heteroatoms. The molecule has 2 unspecified atom stereocenters. The second kappa shape index (κ2) is 10.1. The average Bonchev–Trinajstić information content (AvgIpc) is 2.63. The van der Waals surface area contributed by atoms with Crippen LogP contribution >= 0.6 is 0 Å². The van der Waals surface area contributed by atoms with Crippen molar-refractivity contribution in [2.45, 2.75) is 24.5 Å². The van der Waals surface area contributed by atoms with Gasteiger partial charge < -0.3 is 37.6 Å². The van der Waals surface area contributed by atoms with Gasteiger partial charge in [0.2, 0.25) is 0 Å². The number of aliphatic carboxylic acids is 2. The van der Waals surface area contributed by atoms with Crippen LogP contribution in [0.5, 0.6) is 11.5 Å². The van der Waals surface area contributed by atoms with E-state index in [0.717, 1.165) is 5.56 Å². The van der Waals surface area contributed by atoms with Crippen LogP contribution in [0.3, 0.4) is 0 Å². The zero-order valence-electron chi connectivity index (χ0n) is 14.4. The first kappa shape index (κ1) is 21.9. The van der Waals surface area contributed by atoms with E-state index < -0.39 is 30.1 Å². The van der Waals surface area contributed by atoms with Gasteiger partial charge in [-0.3, -0.25) is 9.59 Å². The molecule has 0 saturated carbocycles. The topological polar surface area (TPSA) is 193 Å². The highest BCUT2D eigenvalue weighted by Gasteiger charge is 2.21. The summed E-state index contributed by atoms with van der Waals surface area (Å²) in [7, 11) is 0. The van der Waals surface area contributed by atoms with Crippen LogP contribution in [0.25, 0.3) is 0 Å². The van der Waals surface area contributed by atoms with Gasteiger partial charge in [-0.05, 0) is 41.8 Å². The molecule has 0 heterocycles. The van der Waals surface area contributed by atoms with Crippen molar-refractivity contribution in [3.8, 4) is 11.5 Å². The molecule has 0 bridgehead atoms. The Morgan fingerprint density at radius 1 is 0.778 bits per heavy atom. The number of hydrogen-bond acceptors (Lipinski definition) is 7. The van der Waals surface area contributed by atoms with Crippen molar-refractivity contribution >= 4 is 11.9 Å². The maximum atomic E-state index is 10.5. The summed E-state index contributed by atoms with van der Waals surface area (Å²) >= 11 is 0. The molecule has 0 aliphatic carbocycles. The Kier molecular flexibility index (Phi) is 8.21. The molecule has 3 atom stereocenters. The summed E-state index contributed by atoms with van der Waals surface area (Å²) in [4.78, 5) is 20.9. The number of rotatable bonds is 6. The minimum Gasteiger partial charge on any atom is -0.508 e. The van der Waals surface area contributed by atoms with Gasteiger partial charge in [-0.2, -0.15) is 0 Å². The van der Waals surface area contributed by atoms with Gasteiger partial charge in [0.25, 0.3) is 0 Å². The predicted octanol–water partition coefficient (Wildman–Crippen LogP) is 0.151. The van der Waals surface area contributed by atoms with Gasteiger partial charge in [-0.15, -0.1) is 0 Å². The molecule has 0 amide bonds. The Morgan fingerprint density at radius 3 is 1.63 bits per heavy atom. The molecule has 0 aliphatic heterocycles. The number of hydrogen-bond donors (Lipinski definition) is 7. The minimum absolute atomic E-state index is 0.102. The summed E-state index contributed by atoms with van der Waals surface area (Å²) in [5.41, 5.74) is 17.6. The number of aromatic hydroxyl groups is 2. The lowest BCUT2D eigenvalue weighted by molar-refractivity contribution is -0.139. The first-order chi connectivity index (χ1) is 12.6. The summed E-state index contributed by atoms with van der Waals surface area (Å²) in [6, 6.07) is 9.47. The van der Waals surface area contributed by atoms with Gasteiger partial charge in [-0.25, -0.2) is 0 Å². The third kappa shape index (κ3) is 7.32. The summed E-state index contributed by atoms with van der Waals surface area (Å²) in [6.07, 6.45) is 0.273. The predicted molar refractivity (Wildman–Crippen MR) is 98.1 cm³/mol. The van der Waals surface area contributed by atoms with E-state index in [4.69, 9.17) is 37.6 Å². The Morgan fingerprint density at radius 2 is 1.22 bits per heavy atom. The lowest BCUT2D eigenvalue weighted by atomic mass is 10.0. The van der Waals surface area contributed by atoms with E-state index in [2.05, 4.69) is 0 Å². The lowest BCUT2D eigenvalue weighted by Crippen LogP contribution is -2.40. The summed E-state index contributed by atoms with van der Waals surface area (Å²) < 4.78 is 0. The number of phenolic OH excluding ortho intramolecular Hbond substituents is 2. The van der Waals surface area contributed by atoms with Crippen LogP contribution in [0.2, 0.25) is 0 Å². The fraction of sp³-hybridized carbons (Fsp3) is 0.222. The van der Waals surface area contributed by atoms with Crippen LogP contribution in [-0.2, 0) is 16.0 Å². The van der Waals surface area contributed by atoms with E-state index in [1.165, 1.54) is 24.3 Å². The van der Waals surface area contributed by atoms with Crippen molar-refractivity contribution in [2.24, 2.45) is 17.2 Å². The highest BCUT2D eigenvalue weighted by Crippen LogP contribution is 2.17. The van der Waals surface area contributed by atoms with E-state index in [-0.39, 0.29) is 17.9 Å². The molecule has 27 heavy (non-hydrogen) atoms. The standard InChI is InChI=1S/C9H12N2O3.C9H11NO3/c10-7(8(11)9(13)14)5-1-3-6(12)4-2-5;10-8(9(12)13)5-6-1-3-7(11)4-2-6/h1-4,7-8,12H,10-11H2,(H,13,14);1-4,8,11H,5,10H2,(H,12,13)/t7?,8-;/m0./s1. The molecule has 2 rings (SSSR count). The summed E-state index contributed by atoms with van der Waals surface area (Å²) in [5.74, 6) is -1.91. The van der Waals surface area contributed by atoms with Crippen molar-refractivity contribution in [1.29, 1.82) is 0 Å². The van der Waals surface area contributed by atoms with Crippen LogP contribution in [0.15, 0.2) is 48.5 Å². The summed E-state index contributed by atoms with van der Waals surface area (Å²) in [6.45, 7) is 0. The van der Waals surface area contributed by atoms with Crippen molar-refractivity contribution in [2.75, 3.05) is 0 Å². The van der Waals surface area contributed by atoms with Crippen molar-refractivity contribution < 1.29 is 30.0 Å². The average molecular weight is 377 g/mol. The molecule has 0 fully saturated rings. The maximum absolute atomic E-state index is 10.5. The second-order valence-corrected chi connectivity index (χ2v) is 5.80. The van der Waals surface area contributed by atoms with Crippen LogP contribution in [-0.4, -0.2) is 44.4 Å². The molecule has 2 aromatic carbocycles. The molecule has 146 valence electrons. The van der Waals surface area contributed by atoms with E-state index in [9.17, 15) is 9.59 Å². The van der Waals surface area contributed by atoms with Gasteiger partial charge in [0.05, 0.1) is 6.04 Å². The fourth-order valence-electron chi connectivity index (χ4n) is 2.03. The first-order valence-electron chi connectivity index (χ1n) is 7.91. The van der Waals surface area contributed by atoms with E-state index in [1.54, 1.807) is 24.3 Å². The van der Waals surface area contributed by atoms with Gasteiger partial charge in [-0.1, -0.05) is 24.3 Å². The normalized spacial score (nSPS) is 13.6. The highest BCUT2D eigenvalue weighted by atomic mass is 16.4. The number of benzene rings is 2. The second-order valence-electron chi connectivity index (χ2n) is 5.80. The largest absolute Gasteiger partial charge is 0.508 e. The molecule has 0 radical (unpaired) electrons. The molecule has 9 nitrogen and oxygen atoms in total. The maximum Gasteiger partial charge on any atom is 0.322 e. The van der Waals surface area contributed by atoms with Crippen molar-refractivity contribution in [1.82, 2.24) is 0 Å². The van der Waals surface area contributed by atoms with Gasteiger partial charge in [0, 0.05) is 0 Å². The fourth-order valence-corrected chi connectivity index (χ4v) is 2.03. The molecular weight excluding hydrogens is 354 g/mol. The van der Waals surface area contributed by atoms with Crippen LogP contribution in [0, 0.1) is 0 Å². The smallest absolute Gasteiger partial charge is 0.322 e. The molecule has 0 aliphatic rings. The number of carbonyl (C=O) groups is 2. The van der Waals surface area contributed by atoms with E-state index in [1.807, 2.05) is 0 Å². The van der Waals surface area contributed by atoms with Crippen LogP contribution < -0.4 is 17.2 Å². The molecule has 0 spiro atoms. The third-order valence-electron chi connectivity index (χ3n) is 3.66. The Bertz CT molecular complexity index is 749. The van der Waals surface area contributed by atoms with Gasteiger partial charge >= 0.3 is 11.9 Å². The zero-order valence-corrected chi connectivity index (χ0v) is 14.4. The molecule has 0 aromatic heterocycles. The zero-order chi connectivity index (χ0) is 20.6. The molecule has 0 saturated heterocycles. The number of phenols is 2. The van der Waals surface area contributed by atoms with E-state index in [0.29, 0.717) is 5.56 Å². The van der Waals surface area contributed by atoms with Gasteiger partial charge in [0.1, 0.15) is 23.6 Å². The summed E-state index contributed by atoms with van der Waals surface area (Å²) in [5, 5.41) is 35.1. The molecule has 2 aromatic rings. The molecular formula is C18H23N3O6. The number of carboxylic acids is 2. The number of nitrogens with two attached hydrogens (primary N) is 3. The van der Waals surface area contributed by atoms with Gasteiger partial charge in [0.15, 0.2) is 0 Å². The lowest BCUT2D eigenvalue weighted by Gasteiger charge is -2.15. The SMILES string of the molecule is NC(Cc1ccc(O)cc1)C(=O)O.NC(c1ccc(O)cc1)[C@H](N)C(=O)O. The van der Waals surface area contributed by atoms with Crippen LogP contribution in [0.1, 0.15) is 17.2 Å². The quantitative estimate of drug-likeness (QED) is 0.367. The Hall–Kier alpha value is -3.14. The highest BCUT2D eigenvalue weighted by molar-refractivity contribution is 5.74. The third-order valence-corrected chi connectivity index (χ3v) is 3.66. The Labute approximate surface area is 155 Å². The molecule has 10 N–H and O–H groups in total. The minimum atomic E-state index is -1.15. The number of carboxylic acid groups (broad SMARTS) is 2.